The van der Waals surface area contributed by atoms with E-state index in [4.69, 9.17) is 9.84 Å². The number of aliphatic carboxylic acids is 1. The molecule has 5 nitrogen and oxygen atoms in total. The predicted octanol–water partition coefficient (Wildman–Crippen LogP) is 1.41. The summed E-state index contributed by atoms with van der Waals surface area (Å²) in [6.07, 6.45) is 5.03. The number of carboxylic acid groups (broad SMARTS) is 1. The molecule has 18 heavy (non-hydrogen) atoms. The van der Waals surface area contributed by atoms with Crippen LogP contribution in [0.2, 0.25) is 0 Å². The Balaban J connectivity index is 1.79. The number of hydrogen-bond acceptors (Lipinski definition) is 3. The highest BCUT2D eigenvalue weighted by molar-refractivity contribution is 5.84. The number of nitrogens with zero attached hydrogens (tertiary/aromatic N) is 1. The van der Waals surface area contributed by atoms with Gasteiger partial charge in [0.2, 0.25) is 5.91 Å². The normalized spacial score (nSPS) is 31.8. The first-order valence-electron chi connectivity index (χ1n) is 6.75. The van der Waals surface area contributed by atoms with E-state index in [1.54, 1.807) is 0 Å². The van der Waals surface area contributed by atoms with Crippen LogP contribution in [0.25, 0.3) is 0 Å². The summed E-state index contributed by atoms with van der Waals surface area (Å²) in [4.78, 5) is 24.5. The van der Waals surface area contributed by atoms with Gasteiger partial charge < -0.3 is 14.7 Å². The Bertz CT molecular complexity index is 331. The molecule has 2 rings (SSSR count). The summed E-state index contributed by atoms with van der Waals surface area (Å²) in [5.41, 5.74) is 0. The molecular weight excluding hydrogens is 234 g/mol. The van der Waals surface area contributed by atoms with Crippen LogP contribution in [0.3, 0.4) is 0 Å². The first-order valence-corrected chi connectivity index (χ1v) is 6.75. The number of carboxylic acids is 1. The second-order valence-corrected chi connectivity index (χ2v) is 5.27. The molecule has 2 aliphatic heterocycles. The first-order chi connectivity index (χ1) is 8.58. The van der Waals surface area contributed by atoms with Crippen LogP contribution < -0.4 is 0 Å². The molecule has 102 valence electrons. The topological polar surface area (TPSA) is 66.8 Å². The summed E-state index contributed by atoms with van der Waals surface area (Å²) >= 11 is 0. The Labute approximate surface area is 107 Å². The van der Waals surface area contributed by atoms with E-state index in [1.165, 1.54) is 4.90 Å². The van der Waals surface area contributed by atoms with Gasteiger partial charge in [0, 0.05) is 13.0 Å². The molecule has 0 radical (unpaired) electrons. The lowest BCUT2D eigenvalue weighted by atomic mass is 10.1. The molecule has 3 atom stereocenters. The van der Waals surface area contributed by atoms with Gasteiger partial charge in [0.25, 0.3) is 0 Å². The van der Waals surface area contributed by atoms with E-state index in [-0.39, 0.29) is 12.0 Å². The Morgan fingerprint density at radius 3 is 2.72 bits per heavy atom. The molecule has 2 heterocycles. The Hall–Kier alpha value is -1.10. The second kappa shape index (κ2) is 5.69. The average Bonchev–Trinajstić information content (AvgIpc) is 2.94. The van der Waals surface area contributed by atoms with Crippen LogP contribution in [-0.4, -0.2) is 46.7 Å². The van der Waals surface area contributed by atoms with E-state index in [1.807, 2.05) is 6.92 Å². The van der Waals surface area contributed by atoms with E-state index < -0.39 is 12.0 Å². The summed E-state index contributed by atoms with van der Waals surface area (Å²) in [7, 11) is 0. The molecule has 0 aromatic heterocycles. The summed E-state index contributed by atoms with van der Waals surface area (Å²) < 4.78 is 5.66. The molecule has 2 fully saturated rings. The minimum Gasteiger partial charge on any atom is -0.480 e. The molecular formula is C13H21NO4. The minimum atomic E-state index is -0.883. The first kappa shape index (κ1) is 13.3. The molecule has 0 aromatic rings. The lowest BCUT2D eigenvalue weighted by Gasteiger charge is -2.22. The number of hydrogen-bond donors (Lipinski definition) is 1. The van der Waals surface area contributed by atoms with E-state index in [0.717, 1.165) is 19.3 Å². The van der Waals surface area contributed by atoms with Gasteiger partial charge in [-0.25, -0.2) is 4.79 Å². The number of likely N-dealkylation sites (tertiary alicyclic amines) is 1. The van der Waals surface area contributed by atoms with Gasteiger partial charge in [-0.3, -0.25) is 4.79 Å². The Morgan fingerprint density at radius 2 is 2.11 bits per heavy atom. The van der Waals surface area contributed by atoms with E-state index in [9.17, 15) is 9.59 Å². The van der Waals surface area contributed by atoms with Gasteiger partial charge >= 0.3 is 5.97 Å². The van der Waals surface area contributed by atoms with Crippen LogP contribution in [0.5, 0.6) is 0 Å². The van der Waals surface area contributed by atoms with Gasteiger partial charge in [0.1, 0.15) is 6.04 Å². The van der Waals surface area contributed by atoms with Crippen LogP contribution >= 0.6 is 0 Å². The predicted molar refractivity (Wildman–Crippen MR) is 65.2 cm³/mol. The molecule has 0 aromatic carbocycles. The molecule has 1 N–H and O–H groups in total. The molecule has 2 aliphatic rings. The molecule has 0 aliphatic carbocycles. The number of rotatable bonds is 4. The van der Waals surface area contributed by atoms with E-state index in [0.29, 0.717) is 31.9 Å². The van der Waals surface area contributed by atoms with E-state index in [2.05, 4.69) is 0 Å². The average molecular weight is 255 g/mol. The van der Waals surface area contributed by atoms with Gasteiger partial charge in [-0.05, 0) is 39.0 Å². The maximum atomic E-state index is 12.0. The van der Waals surface area contributed by atoms with Crippen LogP contribution in [0.4, 0.5) is 0 Å². The Morgan fingerprint density at radius 1 is 1.33 bits per heavy atom. The van der Waals surface area contributed by atoms with Crippen molar-refractivity contribution in [3.63, 3.8) is 0 Å². The highest BCUT2D eigenvalue weighted by Crippen LogP contribution is 2.24. The molecule has 0 bridgehead atoms. The van der Waals surface area contributed by atoms with Crippen LogP contribution in [0.1, 0.15) is 45.4 Å². The highest BCUT2D eigenvalue weighted by Gasteiger charge is 2.34. The molecule has 0 saturated carbocycles. The van der Waals surface area contributed by atoms with Crippen molar-refractivity contribution in [2.45, 2.75) is 63.7 Å². The zero-order chi connectivity index (χ0) is 13.1. The van der Waals surface area contributed by atoms with Crippen molar-refractivity contribution in [2.24, 2.45) is 0 Å². The highest BCUT2D eigenvalue weighted by atomic mass is 16.5. The van der Waals surface area contributed by atoms with Gasteiger partial charge in [-0.15, -0.1) is 0 Å². The zero-order valence-electron chi connectivity index (χ0n) is 10.8. The minimum absolute atomic E-state index is 0.0388. The SMILES string of the molecule is CC1CCC(CCC(=O)N2CCCC2C(=O)O)O1. The molecule has 1 amide bonds. The van der Waals surface area contributed by atoms with Gasteiger partial charge in [-0.1, -0.05) is 0 Å². The maximum Gasteiger partial charge on any atom is 0.326 e. The number of carbonyl (C=O) groups is 2. The van der Waals surface area contributed by atoms with Gasteiger partial charge in [-0.2, -0.15) is 0 Å². The van der Waals surface area contributed by atoms with Crippen molar-refractivity contribution in [1.29, 1.82) is 0 Å². The van der Waals surface area contributed by atoms with Crippen molar-refractivity contribution in [2.75, 3.05) is 6.54 Å². The third-order valence-corrected chi connectivity index (χ3v) is 3.86. The summed E-state index contributed by atoms with van der Waals surface area (Å²) in [6, 6.07) is -0.610. The summed E-state index contributed by atoms with van der Waals surface area (Å²) in [5.74, 6) is -0.922. The molecule has 5 heteroatoms. The third-order valence-electron chi connectivity index (χ3n) is 3.86. The maximum absolute atomic E-state index is 12.0. The number of amides is 1. The van der Waals surface area contributed by atoms with Crippen molar-refractivity contribution < 1.29 is 19.4 Å². The fraction of sp³-hybridized carbons (Fsp3) is 0.846. The van der Waals surface area contributed by atoms with Crippen molar-refractivity contribution in [3.05, 3.63) is 0 Å². The monoisotopic (exact) mass is 255 g/mol. The quantitative estimate of drug-likeness (QED) is 0.824. The Kier molecular flexibility index (Phi) is 4.22. The molecule has 0 spiro atoms. The van der Waals surface area contributed by atoms with Crippen molar-refractivity contribution in [3.8, 4) is 0 Å². The van der Waals surface area contributed by atoms with Crippen molar-refractivity contribution in [1.82, 2.24) is 4.90 Å². The fourth-order valence-corrected chi connectivity index (χ4v) is 2.85. The second-order valence-electron chi connectivity index (χ2n) is 5.27. The number of carbonyl (C=O) groups excluding carboxylic acids is 1. The number of ether oxygens (including phenoxy) is 1. The molecule has 3 unspecified atom stereocenters. The van der Waals surface area contributed by atoms with Gasteiger partial charge in [0.05, 0.1) is 12.2 Å². The summed E-state index contributed by atoms with van der Waals surface area (Å²) in [5, 5.41) is 9.03. The smallest absolute Gasteiger partial charge is 0.326 e. The summed E-state index contributed by atoms with van der Waals surface area (Å²) in [6.45, 7) is 2.63. The van der Waals surface area contributed by atoms with E-state index >= 15 is 0 Å². The van der Waals surface area contributed by atoms with Crippen molar-refractivity contribution >= 4 is 11.9 Å². The molecule has 2 saturated heterocycles. The largest absolute Gasteiger partial charge is 0.480 e. The third kappa shape index (κ3) is 3.02. The lowest BCUT2D eigenvalue weighted by molar-refractivity contribution is -0.148. The van der Waals surface area contributed by atoms with Crippen LogP contribution in [0.15, 0.2) is 0 Å². The van der Waals surface area contributed by atoms with Crippen LogP contribution in [-0.2, 0) is 14.3 Å². The lowest BCUT2D eigenvalue weighted by Crippen LogP contribution is -2.40. The van der Waals surface area contributed by atoms with Crippen LogP contribution in [0, 0.1) is 0 Å². The fourth-order valence-electron chi connectivity index (χ4n) is 2.85. The van der Waals surface area contributed by atoms with Gasteiger partial charge in [0.15, 0.2) is 0 Å². The standard InChI is InChI=1S/C13H21NO4/c1-9-4-5-10(18-9)6-7-12(15)14-8-2-3-11(14)13(16)17/h9-11H,2-8H2,1H3,(H,16,17). The zero-order valence-corrected chi connectivity index (χ0v) is 10.8.